The second-order valence-electron chi connectivity index (χ2n) is 4.97. The van der Waals surface area contributed by atoms with Gasteiger partial charge in [-0.15, -0.1) is 0 Å². The molecule has 0 amide bonds. The Kier molecular flexibility index (Phi) is 6.98. The van der Waals surface area contributed by atoms with Gasteiger partial charge in [-0.3, -0.25) is 0 Å². The van der Waals surface area contributed by atoms with Gasteiger partial charge in [0.25, 0.3) is 0 Å². The van der Waals surface area contributed by atoms with Crippen LogP contribution in [0.15, 0.2) is 24.3 Å². The fourth-order valence-corrected chi connectivity index (χ4v) is 2.23. The number of ether oxygens (including phenoxy) is 1. The first-order valence-corrected chi connectivity index (χ1v) is 8.67. The molecule has 0 spiro atoms. The number of para-hydroxylation sites is 1. The summed E-state index contributed by atoms with van der Waals surface area (Å²) in [6.45, 7) is 5.92. The van der Waals surface area contributed by atoms with Crippen LogP contribution in [-0.4, -0.2) is 33.9 Å². The summed E-state index contributed by atoms with van der Waals surface area (Å²) in [5.41, 5.74) is 1.11. The molecular formula is C14H24N2O3S. The summed E-state index contributed by atoms with van der Waals surface area (Å²) < 4.78 is 30.0. The molecule has 6 heteroatoms. The first kappa shape index (κ1) is 16.9. The highest BCUT2D eigenvalue weighted by Gasteiger charge is 2.04. The fourth-order valence-electron chi connectivity index (χ4n) is 1.71. The minimum atomic E-state index is -3.08. The highest BCUT2D eigenvalue weighted by molar-refractivity contribution is 7.88. The van der Waals surface area contributed by atoms with Crippen molar-refractivity contribution in [3.63, 3.8) is 0 Å². The Hall–Kier alpha value is -1.11. The van der Waals surface area contributed by atoms with Crippen LogP contribution in [0.4, 0.5) is 0 Å². The van der Waals surface area contributed by atoms with E-state index in [0.717, 1.165) is 24.3 Å². The lowest BCUT2D eigenvalue weighted by Gasteiger charge is -2.14. The molecule has 5 nitrogen and oxygen atoms in total. The summed E-state index contributed by atoms with van der Waals surface area (Å²) in [5, 5.41) is 3.29. The third-order valence-corrected chi connectivity index (χ3v) is 3.27. The van der Waals surface area contributed by atoms with Crippen LogP contribution < -0.4 is 14.8 Å². The third kappa shape index (κ3) is 7.47. The van der Waals surface area contributed by atoms with Gasteiger partial charge in [0, 0.05) is 18.7 Å². The largest absolute Gasteiger partial charge is 0.491 e. The SMILES string of the molecule is CC(C)Oc1ccccc1CNCCCNS(C)(=O)=O. The average Bonchev–Trinajstić information content (AvgIpc) is 2.33. The normalized spacial score (nSPS) is 11.8. The maximum absolute atomic E-state index is 10.9. The van der Waals surface area contributed by atoms with Crippen LogP contribution in [0.2, 0.25) is 0 Å². The Morgan fingerprint density at radius 3 is 2.55 bits per heavy atom. The molecule has 0 saturated heterocycles. The molecule has 0 unspecified atom stereocenters. The summed E-state index contributed by atoms with van der Waals surface area (Å²) in [7, 11) is -3.08. The standard InChI is InChI=1S/C14H24N2O3S/c1-12(2)19-14-8-5-4-7-13(14)11-15-9-6-10-16-20(3,17)18/h4-5,7-8,12,15-16H,6,9-11H2,1-3H3. The van der Waals surface area contributed by atoms with E-state index in [1.54, 1.807) is 0 Å². The fraction of sp³-hybridized carbons (Fsp3) is 0.571. The lowest BCUT2D eigenvalue weighted by atomic mass is 10.2. The number of nitrogens with one attached hydrogen (secondary N) is 2. The van der Waals surface area contributed by atoms with Crippen LogP contribution in [0.25, 0.3) is 0 Å². The second kappa shape index (κ2) is 8.24. The molecule has 1 aromatic carbocycles. The van der Waals surface area contributed by atoms with Crippen molar-refractivity contribution in [1.29, 1.82) is 0 Å². The molecular weight excluding hydrogens is 276 g/mol. The predicted octanol–water partition coefficient (Wildman–Crippen LogP) is 1.50. The van der Waals surface area contributed by atoms with E-state index >= 15 is 0 Å². The minimum absolute atomic E-state index is 0.148. The van der Waals surface area contributed by atoms with E-state index in [1.807, 2.05) is 38.1 Å². The van der Waals surface area contributed by atoms with E-state index in [-0.39, 0.29) is 6.10 Å². The van der Waals surface area contributed by atoms with E-state index in [1.165, 1.54) is 6.26 Å². The summed E-state index contributed by atoms with van der Waals surface area (Å²) in [6, 6.07) is 7.92. The predicted molar refractivity (Wildman–Crippen MR) is 81.4 cm³/mol. The summed E-state index contributed by atoms with van der Waals surface area (Å²) >= 11 is 0. The molecule has 0 bridgehead atoms. The maximum Gasteiger partial charge on any atom is 0.208 e. The van der Waals surface area contributed by atoms with Gasteiger partial charge in [0.15, 0.2) is 0 Å². The molecule has 2 N–H and O–H groups in total. The topological polar surface area (TPSA) is 67.4 Å². The average molecular weight is 300 g/mol. The molecule has 1 rings (SSSR count). The third-order valence-electron chi connectivity index (χ3n) is 2.55. The van der Waals surface area contributed by atoms with Gasteiger partial charge < -0.3 is 10.1 Å². The van der Waals surface area contributed by atoms with Crippen molar-refractivity contribution >= 4 is 10.0 Å². The second-order valence-corrected chi connectivity index (χ2v) is 6.80. The Balaban J connectivity index is 2.31. The van der Waals surface area contributed by atoms with Crippen molar-refractivity contribution in [2.45, 2.75) is 32.9 Å². The molecule has 0 radical (unpaired) electrons. The van der Waals surface area contributed by atoms with Crippen molar-refractivity contribution in [2.75, 3.05) is 19.3 Å². The van der Waals surface area contributed by atoms with Crippen LogP contribution in [0.3, 0.4) is 0 Å². The van der Waals surface area contributed by atoms with Crippen molar-refractivity contribution in [3.8, 4) is 5.75 Å². The van der Waals surface area contributed by atoms with E-state index in [4.69, 9.17) is 4.74 Å². The van der Waals surface area contributed by atoms with Crippen LogP contribution in [0.5, 0.6) is 5.75 Å². The molecule has 20 heavy (non-hydrogen) atoms. The molecule has 0 saturated carbocycles. The minimum Gasteiger partial charge on any atom is -0.491 e. The van der Waals surface area contributed by atoms with E-state index < -0.39 is 10.0 Å². The van der Waals surface area contributed by atoms with Gasteiger partial charge in [-0.05, 0) is 32.9 Å². The first-order chi connectivity index (χ1) is 9.38. The van der Waals surface area contributed by atoms with Crippen molar-refractivity contribution in [1.82, 2.24) is 10.0 Å². The monoisotopic (exact) mass is 300 g/mol. The van der Waals surface area contributed by atoms with Crippen molar-refractivity contribution in [2.24, 2.45) is 0 Å². The molecule has 0 aliphatic rings. The number of hydrogen-bond donors (Lipinski definition) is 2. The highest BCUT2D eigenvalue weighted by atomic mass is 32.2. The van der Waals surface area contributed by atoms with Gasteiger partial charge in [0.05, 0.1) is 12.4 Å². The molecule has 0 heterocycles. The van der Waals surface area contributed by atoms with E-state index in [2.05, 4.69) is 10.0 Å². The van der Waals surface area contributed by atoms with Gasteiger partial charge in [-0.25, -0.2) is 13.1 Å². The van der Waals surface area contributed by atoms with Crippen molar-refractivity contribution < 1.29 is 13.2 Å². The number of rotatable bonds is 9. The maximum atomic E-state index is 10.9. The lowest BCUT2D eigenvalue weighted by Crippen LogP contribution is -2.26. The van der Waals surface area contributed by atoms with Crippen LogP contribution in [0.1, 0.15) is 25.8 Å². The molecule has 0 fully saturated rings. The Bertz CT molecular complexity index is 501. The van der Waals surface area contributed by atoms with Crippen LogP contribution >= 0.6 is 0 Å². The Labute approximate surface area is 121 Å². The molecule has 0 aromatic heterocycles. The zero-order chi connectivity index (χ0) is 15.0. The molecule has 0 atom stereocenters. The number of benzene rings is 1. The molecule has 0 aliphatic heterocycles. The van der Waals surface area contributed by atoms with Crippen LogP contribution in [-0.2, 0) is 16.6 Å². The molecule has 0 aliphatic carbocycles. The van der Waals surface area contributed by atoms with Gasteiger partial charge in [-0.1, -0.05) is 18.2 Å². The molecule has 114 valence electrons. The first-order valence-electron chi connectivity index (χ1n) is 6.78. The Morgan fingerprint density at radius 1 is 1.20 bits per heavy atom. The smallest absolute Gasteiger partial charge is 0.208 e. The number of hydrogen-bond acceptors (Lipinski definition) is 4. The zero-order valence-corrected chi connectivity index (χ0v) is 13.2. The quantitative estimate of drug-likeness (QED) is 0.678. The lowest BCUT2D eigenvalue weighted by molar-refractivity contribution is 0.239. The van der Waals surface area contributed by atoms with Crippen LogP contribution in [0, 0.1) is 0 Å². The highest BCUT2D eigenvalue weighted by Crippen LogP contribution is 2.18. The van der Waals surface area contributed by atoms with Gasteiger partial charge in [-0.2, -0.15) is 0 Å². The van der Waals surface area contributed by atoms with E-state index in [0.29, 0.717) is 13.1 Å². The molecule has 1 aromatic rings. The Morgan fingerprint density at radius 2 is 1.90 bits per heavy atom. The van der Waals surface area contributed by atoms with Gasteiger partial charge in [0.1, 0.15) is 5.75 Å². The zero-order valence-electron chi connectivity index (χ0n) is 12.3. The van der Waals surface area contributed by atoms with Crippen molar-refractivity contribution in [3.05, 3.63) is 29.8 Å². The summed E-state index contributed by atoms with van der Waals surface area (Å²) in [5.74, 6) is 0.893. The van der Waals surface area contributed by atoms with E-state index in [9.17, 15) is 8.42 Å². The summed E-state index contributed by atoms with van der Waals surface area (Å²) in [6.07, 6.45) is 2.07. The number of sulfonamides is 1. The van der Waals surface area contributed by atoms with Gasteiger partial charge in [0.2, 0.25) is 10.0 Å². The van der Waals surface area contributed by atoms with Gasteiger partial charge >= 0.3 is 0 Å². The summed E-state index contributed by atoms with van der Waals surface area (Å²) in [4.78, 5) is 0.